The Balaban J connectivity index is 2.05. The number of benzene rings is 1. The number of anilines is 2. The molecule has 100 valence electrons. The number of piperazine rings is 1. The van der Waals surface area contributed by atoms with Gasteiger partial charge < -0.3 is 15.4 Å². The number of rotatable bonds is 4. The van der Waals surface area contributed by atoms with Crippen LogP contribution in [0.3, 0.4) is 0 Å². The number of ether oxygens (including phenoxy) is 1. The summed E-state index contributed by atoms with van der Waals surface area (Å²) in [5.74, 6) is 0.767. The lowest BCUT2D eigenvalue weighted by Gasteiger charge is -2.36. The summed E-state index contributed by atoms with van der Waals surface area (Å²) in [5, 5.41) is 0. The van der Waals surface area contributed by atoms with Crippen molar-refractivity contribution >= 4 is 11.4 Å². The smallest absolute Gasteiger partial charge is 0.143 e. The molecule has 0 aliphatic carbocycles. The van der Waals surface area contributed by atoms with E-state index in [1.165, 1.54) is 13.0 Å². The molecule has 0 spiro atoms. The zero-order valence-electron chi connectivity index (χ0n) is 11.4. The Bertz CT molecular complexity index is 387. The van der Waals surface area contributed by atoms with Crippen molar-refractivity contribution in [2.75, 3.05) is 50.5 Å². The van der Waals surface area contributed by atoms with E-state index in [1.807, 2.05) is 12.1 Å². The summed E-state index contributed by atoms with van der Waals surface area (Å²) in [6.07, 6.45) is 1.22. The minimum Gasteiger partial charge on any atom is -0.495 e. The maximum atomic E-state index is 6.14. The molecule has 0 unspecified atom stereocenters. The van der Waals surface area contributed by atoms with Gasteiger partial charge in [-0.1, -0.05) is 13.0 Å². The first-order chi connectivity index (χ1) is 8.76. The number of nitrogen functional groups attached to an aromatic ring is 1. The van der Waals surface area contributed by atoms with E-state index in [1.54, 1.807) is 7.11 Å². The van der Waals surface area contributed by atoms with Crippen LogP contribution in [0, 0.1) is 0 Å². The molecule has 18 heavy (non-hydrogen) atoms. The van der Waals surface area contributed by atoms with Gasteiger partial charge in [-0.3, -0.25) is 4.90 Å². The quantitative estimate of drug-likeness (QED) is 0.826. The van der Waals surface area contributed by atoms with Crippen LogP contribution in [-0.4, -0.2) is 44.7 Å². The van der Waals surface area contributed by atoms with Gasteiger partial charge in [-0.2, -0.15) is 0 Å². The summed E-state index contributed by atoms with van der Waals surface area (Å²) in [4.78, 5) is 4.86. The van der Waals surface area contributed by atoms with E-state index < -0.39 is 0 Å². The minimum absolute atomic E-state index is 0.754. The molecule has 2 N–H and O–H groups in total. The maximum absolute atomic E-state index is 6.14. The molecule has 0 aromatic heterocycles. The standard InChI is InChI=1S/C14H23N3O/c1-3-7-16-8-10-17(11-9-16)12-5-4-6-13(18-2)14(12)15/h4-6H,3,7-11,15H2,1-2H3. The molecule has 4 heteroatoms. The van der Waals surface area contributed by atoms with Crippen LogP contribution in [0.4, 0.5) is 11.4 Å². The highest BCUT2D eigenvalue weighted by Crippen LogP contribution is 2.32. The second-order valence-electron chi connectivity index (χ2n) is 4.72. The van der Waals surface area contributed by atoms with Gasteiger partial charge in [0.25, 0.3) is 0 Å². The van der Waals surface area contributed by atoms with Crippen molar-refractivity contribution in [2.45, 2.75) is 13.3 Å². The summed E-state index contributed by atoms with van der Waals surface area (Å²) < 4.78 is 5.27. The molecule has 1 saturated heterocycles. The van der Waals surface area contributed by atoms with E-state index in [0.717, 1.165) is 43.3 Å². The normalized spacial score (nSPS) is 16.9. The largest absolute Gasteiger partial charge is 0.495 e. The number of hydrogen-bond donors (Lipinski definition) is 1. The lowest BCUT2D eigenvalue weighted by Crippen LogP contribution is -2.46. The van der Waals surface area contributed by atoms with E-state index >= 15 is 0 Å². The average Bonchev–Trinajstić information content (AvgIpc) is 2.41. The first kappa shape index (κ1) is 13.0. The van der Waals surface area contributed by atoms with Gasteiger partial charge in [-0.05, 0) is 25.1 Å². The van der Waals surface area contributed by atoms with E-state index in [4.69, 9.17) is 10.5 Å². The first-order valence-electron chi connectivity index (χ1n) is 6.66. The fraction of sp³-hybridized carbons (Fsp3) is 0.571. The topological polar surface area (TPSA) is 41.7 Å². The highest BCUT2D eigenvalue weighted by molar-refractivity contribution is 5.74. The van der Waals surface area contributed by atoms with Crippen molar-refractivity contribution < 1.29 is 4.74 Å². The van der Waals surface area contributed by atoms with Crippen molar-refractivity contribution in [3.63, 3.8) is 0 Å². The van der Waals surface area contributed by atoms with Crippen LogP contribution in [0.2, 0.25) is 0 Å². The molecule has 2 rings (SSSR count). The van der Waals surface area contributed by atoms with Crippen LogP contribution < -0.4 is 15.4 Å². The van der Waals surface area contributed by atoms with Gasteiger partial charge in [0.15, 0.2) is 0 Å². The van der Waals surface area contributed by atoms with Crippen molar-refractivity contribution in [3.05, 3.63) is 18.2 Å². The monoisotopic (exact) mass is 249 g/mol. The zero-order valence-corrected chi connectivity index (χ0v) is 11.4. The molecule has 1 aromatic carbocycles. The predicted molar refractivity (Wildman–Crippen MR) is 76.4 cm³/mol. The molecule has 1 aliphatic rings. The molecule has 0 bridgehead atoms. The Morgan fingerprint density at radius 1 is 1.22 bits per heavy atom. The summed E-state index contributed by atoms with van der Waals surface area (Å²) >= 11 is 0. The third kappa shape index (κ3) is 2.70. The van der Waals surface area contributed by atoms with Gasteiger partial charge in [0.05, 0.1) is 18.5 Å². The summed E-state index contributed by atoms with van der Waals surface area (Å²) in [7, 11) is 1.66. The Morgan fingerprint density at radius 3 is 2.56 bits per heavy atom. The van der Waals surface area contributed by atoms with E-state index in [-0.39, 0.29) is 0 Å². The highest BCUT2D eigenvalue weighted by atomic mass is 16.5. The van der Waals surface area contributed by atoms with Gasteiger partial charge in [-0.25, -0.2) is 0 Å². The van der Waals surface area contributed by atoms with Crippen LogP contribution >= 0.6 is 0 Å². The minimum atomic E-state index is 0.754. The first-order valence-corrected chi connectivity index (χ1v) is 6.66. The van der Waals surface area contributed by atoms with Crippen LogP contribution in [-0.2, 0) is 0 Å². The molecule has 0 amide bonds. The van der Waals surface area contributed by atoms with E-state index in [9.17, 15) is 0 Å². The van der Waals surface area contributed by atoms with Gasteiger partial charge in [-0.15, -0.1) is 0 Å². The Kier molecular flexibility index (Phi) is 4.31. The van der Waals surface area contributed by atoms with Gasteiger partial charge >= 0.3 is 0 Å². The van der Waals surface area contributed by atoms with Crippen LogP contribution in [0.25, 0.3) is 0 Å². The molecule has 0 saturated carbocycles. The lowest BCUT2D eigenvalue weighted by molar-refractivity contribution is 0.258. The van der Waals surface area contributed by atoms with Gasteiger partial charge in [0.2, 0.25) is 0 Å². The Morgan fingerprint density at radius 2 is 1.94 bits per heavy atom. The average molecular weight is 249 g/mol. The lowest BCUT2D eigenvalue weighted by atomic mass is 10.2. The number of hydrogen-bond acceptors (Lipinski definition) is 4. The van der Waals surface area contributed by atoms with E-state index in [2.05, 4.69) is 22.8 Å². The van der Waals surface area contributed by atoms with Crippen LogP contribution in [0.1, 0.15) is 13.3 Å². The third-order valence-corrected chi connectivity index (χ3v) is 3.52. The fourth-order valence-electron chi connectivity index (χ4n) is 2.51. The second kappa shape index (κ2) is 5.96. The third-order valence-electron chi connectivity index (χ3n) is 3.52. The number of nitrogens with zero attached hydrogens (tertiary/aromatic N) is 2. The van der Waals surface area contributed by atoms with Crippen molar-refractivity contribution in [1.82, 2.24) is 4.90 Å². The van der Waals surface area contributed by atoms with Crippen molar-refractivity contribution in [2.24, 2.45) is 0 Å². The zero-order chi connectivity index (χ0) is 13.0. The fourth-order valence-corrected chi connectivity index (χ4v) is 2.51. The van der Waals surface area contributed by atoms with Crippen LogP contribution in [0.5, 0.6) is 5.75 Å². The second-order valence-corrected chi connectivity index (χ2v) is 4.72. The summed E-state index contributed by atoms with van der Waals surface area (Å²) in [6, 6.07) is 5.99. The molecule has 4 nitrogen and oxygen atoms in total. The van der Waals surface area contributed by atoms with Crippen LogP contribution in [0.15, 0.2) is 18.2 Å². The SMILES string of the molecule is CCCN1CCN(c2cccc(OC)c2N)CC1. The molecule has 1 aromatic rings. The maximum Gasteiger partial charge on any atom is 0.143 e. The predicted octanol–water partition coefficient (Wildman–Crippen LogP) is 1.81. The van der Waals surface area contributed by atoms with E-state index in [0.29, 0.717) is 0 Å². The molecular weight excluding hydrogens is 226 g/mol. The molecule has 1 aliphatic heterocycles. The Hall–Kier alpha value is -1.42. The van der Waals surface area contributed by atoms with Gasteiger partial charge in [0.1, 0.15) is 5.75 Å². The van der Waals surface area contributed by atoms with Crippen molar-refractivity contribution in [1.29, 1.82) is 0 Å². The number of para-hydroxylation sites is 1. The molecular formula is C14H23N3O. The molecule has 0 radical (unpaired) electrons. The van der Waals surface area contributed by atoms with Gasteiger partial charge in [0, 0.05) is 26.2 Å². The molecule has 1 fully saturated rings. The molecule has 0 atom stereocenters. The number of nitrogens with two attached hydrogens (primary N) is 1. The highest BCUT2D eigenvalue weighted by Gasteiger charge is 2.19. The van der Waals surface area contributed by atoms with Crippen molar-refractivity contribution in [3.8, 4) is 5.75 Å². The Labute approximate surface area is 109 Å². The molecule has 1 heterocycles. The number of methoxy groups -OCH3 is 1. The summed E-state index contributed by atoms with van der Waals surface area (Å²) in [5.41, 5.74) is 7.99. The summed E-state index contributed by atoms with van der Waals surface area (Å²) in [6.45, 7) is 7.73.